The predicted octanol–water partition coefficient (Wildman–Crippen LogP) is 2.06. The van der Waals surface area contributed by atoms with Crippen LogP contribution in [-0.2, 0) is 9.53 Å². The van der Waals surface area contributed by atoms with Crippen molar-refractivity contribution in [2.24, 2.45) is 0 Å². The maximum atomic E-state index is 11.4. The molecular weight excluding hydrogens is 210 g/mol. The van der Waals surface area contributed by atoms with Gasteiger partial charge in [-0.05, 0) is 26.5 Å². The Bertz CT molecular complexity index is 185. The summed E-state index contributed by atoms with van der Waals surface area (Å²) in [7, 11) is 0. The van der Waals surface area contributed by atoms with Crippen LogP contribution in [0.15, 0.2) is 0 Å². The zero-order valence-corrected chi connectivity index (χ0v) is 11.2. The molecule has 0 spiro atoms. The second-order valence-corrected chi connectivity index (χ2v) is 4.68. The lowest BCUT2D eigenvalue weighted by atomic mass is 10.2. The largest absolute Gasteiger partial charge is 0.462 e. The van der Waals surface area contributed by atoms with Crippen LogP contribution in [0.1, 0.15) is 34.1 Å². The standard InChI is InChI=1S/C9H17NO2S.C2H6/c1-6(2)12-9(11)8-4-7(13-3)5-10-8;1-2/h6-8,10H,4-5H2,1-3H3;1-2H3. The van der Waals surface area contributed by atoms with Gasteiger partial charge in [-0.25, -0.2) is 0 Å². The van der Waals surface area contributed by atoms with E-state index in [4.69, 9.17) is 4.74 Å². The van der Waals surface area contributed by atoms with Crippen LogP contribution in [0.5, 0.6) is 0 Å². The van der Waals surface area contributed by atoms with Crippen LogP contribution in [0.3, 0.4) is 0 Å². The van der Waals surface area contributed by atoms with E-state index in [-0.39, 0.29) is 18.1 Å². The lowest BCUT2D eigenvalue weighted by Gasteiger charge is -2.12. The Morgan fingerprint density at radius 1 is 1.47 bits per heavy atom. The number of nitrogens with one attached hydrogen (secondary N) is 1. The van der Waals surface area contributed by atoms with Gasteiger partial charge >= 0.3 is 5.97 Å². The van der Waals surface area contributed by atoms with Gasteiger partial charge in [-0.2, -0.15) is 11.8 Å². The van der Waals surface area contributed by atoms with E-state index in [1.807, 2.05) is 27.7 Å². The number of carbonyl (C=O) groups excluding carboxylic acids is 1. The van der Waals surface area contributed by atoms with Crippen LogP contribution in [0.4, 0.5) is 0 Å². The first-order valence-electron chi connectivity index (χ1n) is 5.60. The first-order chi connectivity index (χ1) is 7.13. The van der Waals surface area contributed by atoms with E-state index in [2.05, 4.69) is 11.6 Å². The zero-order chi connectivity index (χ0) is 11.8. The molecule has 0 aromatic carbocycles. The predicted molar refractivity (Wildman–Crippen MR) is 66.3 cm³/mol. The van der Waals surface area contributed by atoms with Crippen LogP contribution in [0.25, 0.3) is 0 Å². The Balaban J connectivity index is 0.000000921. The molecule has 2 unspecified atom stereocenters. The van der Waals surface area contributed by atoms with E-state index < -0.39 is 0 Å². The monoisotopic (exact) mass is 233 g/mol. The van der Waals surface area contributed by atoms with Gasteiger partial charge in [-0.3, -0.25) is 4.79 Å². The molecule has 0 aromatic heterocycles. The molecule has 0 radical (unpaired) electrons. The van der Waals surface area contributed by atoms with Crippen molar-refractivity contribution in [1.82, 2.24) is 5.32 Å². The van der Waals surface area contributed by atoms with Crippen LogP contribution in [0.2, 0.25) is 0 Å². The third-order valence-corrected chi connectivity index (χ3v) is 3.09. The molecule has 1 rings (SSSR count). The highest BCUT2D eigenvalue weighted by Gasteiger charge is 2.30. The molecule has 0 saturated carbocycles. The Hall–Kier alpha value is -0.220. The Kier molecular flexibility index (Phi) is 7.88. The minimum atomic E-state index is -0.105. The van der Waals surface area contributed by atoms with Gasteiger partial charge in [0.05, 0.1) is 6.10 Å². The summed E-state index contributed by atoms with van der Waals surface area (Å²) in [5.41, 5.74) is 0. The van der Waals surface area contributed by atoms with Gasteiger partial charge in [0.1, 0.15) is 6.04 Å². The van der Waals surface area contributed by atoms with Gasteiger partial charge in [0.2, 0.25) is 0 Å². The van der Waals surface area contributed by atoms with Crippen LogP contribution >= 0.6 is 11.8 Å². The minimum Gasteiger partial charge on any atom is -0.462 e. The molecule has 1 heterocycles. The molecule has 2 atom stereocenters. The molecule has 1 fully saturated rings. The first kappa shape index (κ1) is 14.8. The third kappa shape index (κ3) is 5.42. The smallest absolute Gasteiger partial charge is 0.323 e. The number of esters is 1. The van der Waals surface area contributed by atoms with Gasteiger partial charge in [-0.1, -0.05) is 13.8 Å². The minimum absolute atomic E-state index is 0.0115. The topological polar surface area (TPSA) is 38.3 Å². The van der Waals surface area contributed by atoms with Crippen molar-refractivity contribution in [1.29, 1.82) is 0 Å². The third-order valence-electron chi connectivity index (χ3n) is 2.06. The van der Waals surface area contributed by atoms with Crippen LogP contribution in [-0.4, -0.2) is 36.2 Å². The molecule has 0 aromatic rings. The summed E-state index contributed by atoms with van der Waals surface area (Å²) >= 11 is 1.80. The van der Waals surface area contributed by atoms with Crippen molar-refractivity contribution in [2.45, 2.75) is 51.5 Å². The van der Waals surface area contributed by atoms with E-state index >= 15 is 0 Å². The number of thioether (sulfide) groups is 1. The summed E-state index contributed by atoms with van der Waals surface area (Å²) in [4.78, 5) is 11.4. The highest BCUT2D eigenvalue weighted by atomic mass is 32.2. The zero-order valence-electron chi connectivity index (χ0n) is 10.4. The molecule has 0 amide bonds. The summed E-state index contributed by atoms with van der Waals surface area (Å²) in [5.74, 6) is -0.105. The molecule has 0 aliphatic carbocycles. The average molecular weight is 233 g/mol. The Morgan fingerprint density at radius 3 is 2.47 bits per heavy atom. The maximum Gasteiger partial charge on any atom is 0.323 e. The fourth-order valence-corrected chi connectivity index (χ4v) is 2.02. The van der Waals surface area contributed by atoms with Crippen molar-refractivity contribution >= 4 is 17.7 Å². The van der Waals surface area contributed by atoms with E-state index in [1.54, 1.807) is 11.8 Å². The van der Waals surface area contributed by atoms with Crippen LogP contribution < -0.4 is 5.32 Å². The number of hydrogen-bond donors (Lipinski definition) is 1. The molecule has 1 N–H and O–H groups in total. The van der Waals surface area contributed by atoms with Gasteiger partial charge in [0, 0.05) is 11.8 Å². The fraction of sp³-hybridized carbons (Fsp3) is 0.909. The molecule has 1 saturated heterocycles. The highest BCUT2D eigenvalue weighted by Crippen LogP contribution is 2.19. The molecule has 1 aliphatic heterocycles. The molecule has 1 aliphatic rings. The van der Waals surface area contributed by atoms with Gasteiger partial charge < -0.3 is 10.1 Å². The van der Waals surface area contributed by atoms with Gasteiger partial charge in [0.25, 0.3) is 0 Å². The number of rotatable bonds is 3. The normalized spacial score (nSPS) is 24.7. The van der Waals surface area contributed by atoms with Crippen molar-refractivity contribution in [2.75, 3.05) is 12.8 Å². The number of carbonyl (C=O) groups is 1. The summed E-state index contributed by atoms with van der Waals surface area (Å²) in [6, 6.07) is -0.0835. The lowest BCUT2D eigenvalue weighted by Crippen LogP contribution is -2.33. The molecule has 0 bridgehead atoms. The quantitative estimate of drug-likeness (QED) is 0.757. The van der Waals surface area contributed by atoms with E-state index in [0.29, 0.717) is 5.25 Å². The highest BCUT2D eigenvalue weighted by molar-refractivity contribution is 7.99. The van der Waals surface area contributed by atoms with E-state index in [9.17, 15) is 4.79 Å². The molecule has 3 nitrogen and oxygen atoms in total. The molecular formula is C11H23NO2S. The number of hydrogen-bond acceptors (Lipinski definition) is 4. The summed E-state index contributed by atoms with van der Waals surface area (Å²) < 4.78 is 5.12. The number of ether oxygens (including phenoxy) is 1. The summed E-state index contributed by atoms with van der Waals surface area (Å²) in [5, 5.41) is 3.73. The van der Waals surface area contributed by atoms with E-state index in [0.717, 1.165) is 13.0 Å². The Labute approximate surface area is 97.3 Å². The SMILES string of the molecule is CC.CSC1CNC(C(=O)OC(C)C)C1. The summed E-state index contributed by atoms with van der Waals surface area (Å²) in [6.07, 6.45) is 2.96. The van der Waals surface area contributed by atoms with Gasteiger partial charge in [-0.15, -0.1) is 0 Å². The Morgan fingerprint density at radius 2 is 2.07 bits per heavy atom. The second kappa shape index (κ2) is 7.99. The van der Waals surface area contributed by atoms with Gasteiger partial charge in [0.15, 0.2) is 0 Å². The summed E-state index contributed by atoms with van der Waals surface area (Å²) in [6.45, 7) is 8.66. The molecule has 15 heavy (non-hydrogen) atoms. The van der Waals surface area contributed by atoms with Crippen molar-refractivity contribution in [3.05, 3.63) is 0 Å². The van der Waals surface area contributed by atoms with Crippen molar-refractivity contribution in [3.8, 4) is 0 Å². The fourth-order valence-electron chi connectivity index (χ4n) is 1.38. The molecule has 4 heteroatoms. The van der Waals surface area contributed by atoms with Crippen LogP contribution in [0, 0.1) is 0 Å². The average Bonchev–Trinajstić information content (AvgIpc) is 2.68. The molecule has 90 valence electrons. The van der Waals surface area contributed by atoms with Crippen molar-refractivity contribution < 1.29 is 9.53 Å². The first-order valence-corrected chi connectivity index (χ1v) is 6.89. The lowest BCUT2D eigenvalue weighted by molar-refractivity contribution is -0.149. The maximum absolute atomic E-state index is 11.4. The van der Waals surface area contributed by atoms with Crippen molar-refractivity contribution in [3.63, 3.8) is 0 Å². The van der Waals surface area contributed by atoms with E-state index in [1.165, 1.54) is 0 Å². The second-order valence-electron chi connectivity index (χ2n) is 3.54.